The van der Waals surface area contributed by atoms with E-state index in [4.69, 9.17) is 4.18 Å². The highest BCUT2D eigenvalue weighted by molar-refractivity contribution is 7.85. The van der Waals surface area contributed by atoms with E-state index in [0.29, 0.717) is 5.56 Å². The average molecular weight is 352 g/mol. The molecule has 0 radical (unpaired) electrons. The molecule has 9 nitrogen and oxygen atoms in total. The van der Waals surface area contributed by atoms with E-state index in [2.05, 4.69) is 0 Å². The second-order valence-corrected chi connectivity index (χ2v) is 6.42. The minimum Gasteiger partial charge on any atom is -0.265 e. The van der Waals surface area contributed by atoms with E-state index in [0.717, 1.165) is 18.2 Å². The van der Waals surface area contributed by atoms with Crippen LogP contribution in [0.3, 0.4) is 0 Å². The topological polar surface area (TPSA) is 130 Å². The molecule has 0 aliphatic rings. The zero-order chi connectivity index (χ0) is 17.7. The minimum absolute atomic E-state index is 0.182. The van der Waals surface area contributed by atoms with Crippen molar-refractivity contribution in [3.05, 3.63) is 79.9 Å². The highest BCUT2D eigenvalue weighted by atomic mass is 32.2. The Hall–Kier alpha value is -2.85. The maximum Gasteiger partial charge on any atom is 0.280 e. The Balaban J connectivity index is 2.19. The van der Waals surface area contributed by atoms with Gasteiger partial charge >= 0.3 is 0 Å². The fraction of sp³-hybridized carbons (Fsp3) is 0.143. The molecule has 0 saturated carbocycles. The monoisotopic (exact) mass is 352 g/mol. The van der Waals surface area contributed by atoms with Crippen LogP contribution < -0.4 is 0 Å². The van der Waals surface area contributed by atoms with Crippen LogP contribution in [0, 0.1) is 20.2 Å². The van der Waals surface area contributed by atoms with Crippen molar-refractivity contribution in [1.29, 1.82) is 0 Å². The Morgan fingerprint density at radius 3 is 2.21 bits per heavy atom. The van der Waals surface area contributed by atoms with Gasteiger partial charge in [-0.25, -0.2) is 0 Å². The first kappa shape index (κ1) is 17.5. The molecule has 2 aromatic carbocycles. The molecule has 0 saturated heterocycles. The Bertz CT molecular complexity index is 866. The number of nitrogens with zero attached hydrogens (tertiary/aromatic N) is 2. The summed E-state index contributed by atoms with van der Waals surface area (Å²) >= 11 is 0. The van der Waals surface area contributed by atoms with Gasteiger partial charge in [0.25, 0.3) is 21.5 Å². The molecule has 2 rings (SSSR count). The molecule has 2 aromatic rings. The van der Waals surface area contributed by atoms with Gasteiger partial charge in [0.1, 0.15) is 5.75 Å². The van der Waals surface area contributed by atoms with Crippen LogP contribution in [-0.2, 0) is 26.7 Å². The lowest BCUT2D eigenvalue weighted by Crippen LogP contribution is -2.10. The van der Waals surface area contributed by atoms with Crippen molar-refractivity contribution in [2.75, 3.05) is 0 Å². The molecule has 0 bridgehead atoms. The van der Waals surface area contributed by atoms with Gasteiger partial charge in [0.15, 0.2) is 0 Å². The van der Waals surface area contributed by atoms with E-state index < -0.39 is 37.1 Å². The van der Waals surface area contributed by atoms with E-state index in [9.17, 15) is 28.6 Å². The number of nitro groups is 2. The molecule has 0 heterocycles. The van der Waals surface area contributed by atoms with Crippen LogP contribution >= 0.6 is 0 Å². The Labute approximate surface area is 136 Å². The lowest BCUT2D eigenvalue weighted by Gasteiger charge is -2.06. The molecule has 0 aliphatic heterocycles. The van der Waals surface area contributed by atoms with Crippen molar-refractivity contribution >= 4 is 21.5 Å². The van der Waals surface area contributed by atoms with E-state index >= 15 is 0 Å². The van der Waals surface area contributed by atoms with Crippen LogP contribution in [0.4, 0.5) is 11.4 Å². The number of hydrogen-bond donors (Lipinski definition) is 0. The molecule has 0 aliphatic carbocycles. The lowest BCUT2D eigenvalue weighted by molar-refractivity contribution is -0.394. The summed E-state index contributed by atoms with van der Waals surface area (Å²) in [6.07, 6.45) is 0. The number of rotatable bonds is 7. The summed E-state index contributed by atoms with van der Waals surface area (Å²) < 4.78 is 28.8. The molecule has 0 unspecified atom stereocenters. The minimum atomic E-state index is -4.10. The second kappa shape index (κ2) is 7.15. The Morgan fingerprint density at radius 1 is 0.958 bits per heavy atom. The first-order valence-corrected chi connectivity index (χ1v) is 8.19. The molecule has 126 valence electrons. The SMILES string of the molecule is O=[N+]([O-])c1ccc(CS(=O)(=O)OCc2ccccc2)c([N+](=O)[O-])c1. The van der Waals surface area contributed by atoms with Crippen molar-refractivity contribution in [2.24, 2.45) is 0 Å². The van der Waals surface area contributed by atoms with Crippen molar-refractivity contribution in [2.45, 2.75) is 12.4 Å². The standard InChI is InChI=1S/C14H12N2O7S/c17-15(18)13-7-6-12(14(8-13)16(19)20)10-24(21,22)23-9-11-4-2-1-3-5-11/h1-8H,9-10H2. The molecule has 0 N–H and O–H groups in total. The van der Waals surface area contributed by atoms with Gasteiger partial charge in [-0.15, -0.1) is 0 Å². The van der Waals surface area contributed by atoms with Gasteiger partial charge < -0.3 is 0 Å². The molecular formula is C14H12N2O7S. The van der Waals surface area contributed by atoms with Gasteiger partial charge in [0.2, 0.25) is 0 Å². The Kier molecular flexibility index (Phi) is 5.21. The molecule has 24 heavy (non-hydrogen) atoms. The summed E-state index contributed by atoms with van der Waals surface area (Å²) in [6, 6.07) is 11.3. The van der Waals surface area contributed by atoms with Gasteiger partial charge in [-0.05, 0) is 11.6 Å². The zero-order valence-corrected chi connectivity index (χ0v) is 13.0. The third-order valence-corrected chi connectivity index (χ3v) is 4.20. The summed E-state index contributed by atoms with van der Waals surface area (Å²) in [4.78, 5) is 20.0. The summed E-state index contributed by atoms with van der Waals surface area (Å²) in [5, 5.41) is 21.7. The molecule has 10 heteroatoms. The van der Waals surface area contributed by atoms with Gasteiger partial charge in [-0.1, -0.05) is 30.3 Å². The number of non-ortho nitro benzene ring substituents is 1. The summed E-state index contributed by atoms with van der Waals surface area (Å²) in [6.45, 7) is -0.204. The smallest absolute Gasteiger partial charge is 0.265 e. The summed E-state index contributed by atoms with van der Waals surface area (Å²) in [5.74, 6) is -0.756. The molecule has 0 aromatic heterocycles. The second-order valence-electron chi connectivity index (χ2n) is 4.78. The van der Waals surface area contributed by atoms with Crippen LogP contribution in [0.15, 0.2) is 48.5 Å². The van der Waals surface area contributed by atoms with Crippen LogP contribution in [-0.4, -0.2) is 18.3 Å². The van der Waals surface area contributed by atoms with E-state index in [1.54, 1.807) is 30.3 Å². The van der Waals surface area contributed by atoms with E-state index in [1.807, 2.05) is 0 Å². The molecule has 0 spiro atoms. The zero-order valence-electron chi connectivity index (χ0n) is 12.2. The first-order valence-electron chi connectivity index (χ1n) is 6.61. The number of nitro benzene ring substituents is 2. The highest BCUT2D eigenvalue weighted by Gasteiger charge is 2.24. The average Bonchev–Trinajstić information content (AvgIpc) is 2.53. The predicted molar refractivity (Wildman–Crippen MR) is 83.6 cm³/mol. The van der Waals surface area contributed by atoms with Gasteiger partial charge in [0, 0.05) is 11.6 Å². The van der Waals surface area contributed by atoms with Gasteiger partial charge in [-0.2, -0.15) is 8.42 Å². The van der Waals surface area contributed by atoms with Crippen LogP contribution in [0.1, 0.15) is 11.1 Å². The van der Waals surface area contributed by atoms with Crippen LogP contribution in [0.25, 0.3) is 0 Å². The van der Waals surface area contributed by atoms with Crippen molar-refractivity contribution in [3.63, 3.8) is 0 Å². The van der Waals surface area contributed by atoms with Gasteiger partial charge in [-0.3, -0.25) is 24.4 Å². The number of benzene rings is 2. The summed E-state index contributed by atoms with van der Waals surface area (Å²) in [5.41, 5.74) is -0.693. The molecule has 0 fully saturated rings. The fourth-order valence-electron chi connectivity index (χ4n) is 1.92. The molecular weight excluding hydrogens is 340 g/mol. The largest absolute Gasteiger partial charge is 0.280 e. The van der Waals surface area contributed by atoms with Crippen molar-refractivity contribution in [1.82, 2.24) is 0 Å². The lowest BCUT2D eigenvalue weighted by atomic mass is 10.2. The maximum atomic E-state index is 12.0. The van der Waals surface area contributed by atoms with E-state index in [1.165, 1.54) is 0 Å². The first-order chi connectivity index (χ1) is 11.3. The third kappa shape index (κ3) is 4.57. The number of hydrogen-bond acceptors (Lipinski definition) is 7. The van der Waals surface area contributed by atoms with E-state index in [-0.39, 0.29) is 12.2 Å². The quantitative estimate of drug-likeness (QED) is 0.425. The Morgan fingerprint density at radius 2 is 1.62 bits per heavy atom. The van der Waals surface area contributed by atoms with Crippen molar-refractivity contribution in [3.8, 4) is 0 Å². The van der Waals surface area contributed by atoms with Gasteiger partial charge in [0.05, 0.1) is 22.5 Å². The third-order valence-electron chi connectivity index (χ3n) is 3.06. The highest BCUT2D eigenvalue weighted by Crippen LogP contribution is 2.26. The summed E-state index contributed by atoms with van der Waals surface area (Å²) in [7, 11) is -4.10. The maximum absolute atomic E-state index is 12.0. The fourth-order valence-corrected chi connectivity index (χ4v) is 2.95. The van der Waals surface area contributed by atoms with Crippen molar-refractivity contribution < 1.29 is 22.4 Å². The van der Waals surface area contributed by atoms with Crippen LogP contribution in [0.5, 0.6) is 0 Å². The molecule has 0 amide bonds. The van der Waals surface area contributed by atoms with Crippen LogP contribution in [0.2, 0.25) is 0 Å². The normalized spacial score (nSPS) is 11.2. The molecule has 0 atom stereocenters. The predicted octanol–water partition coefficient (Wildman–Crippen LogP) is 2.55.